The summed E-state index contributed by atoms with van der Waals surface area (Å²) >= 11 is 0. The molecular formula is C12H23N3O3. The van der Waals surface area contributed by atoms with Crippen LogP contribution in [0.15, 0.2) is 0 Å². The molecule has 1 aliphatic heterocycles. The van der Waals surface area contributed by atoms with E-state index >= 15 is 0 Å². The monoisotopic (exact) mass is 257 g/mol. The number of carbonyl (C=O) groups excluding carboxylic acids is 1. The van der Waals surface area contributed by atoms with Gasteiger partial charge < -0.3 is 15.7 Å². The molecule has 0 bridgehead atoms. The molecule has 0 aromatic rings. The molecule has 1 saturated heterocycles. The lowest BCUT2D eigenvalue weighted by Crippen LogP contribution is -2.49. The van der Waals surface area contributed by atoms with Crippen molar-refractivity contribution >= 4 is 12.0 Å². The van der Waals surface area contributed by atoms with E-state index < -0.39 is 18.0 Å². The maximum absolute atomic E-state index is 11.4. The minimum atomic E-state index is -1.03. The lowest BCUT2D eigenvalue weighted by atomic mass is 10.1. The van der Waals surface area contributed by atoms with E-state index in [1.807, 2.05) is 0 Å². The summed E-state index contributed by atoms with van der Waals surface area (Å²) in [6.07, 6.45) is 3.71. The second-order valence-electron chi connectivity index (χ2n) is 4.86. The molecule has 1 unspecified atom stereocenters. The molecule has 3 N–H and O–H groups in total. The quantitative estimate of drug-likeness (QED) is 0.675. The van der Waals surface area contributed by atoms with E-state index in [4.69, 9.17) is 5.11 Å². The number of carbonyl (C=O) groups is 2. The second kappa shape index (κ2) is 7.20. The van der Waals surface area contributed by atoms with Crippen LogP contribution in [-0.4, -0.2) is 53.7 Å². The maximum Gasteiger partial charge on any atom is 0.325 e. The number of piperidine rings is 1. The SMILES string of the molecule is CC(CNC(=O)N[C@H](C)C(=O)O)N1CCCCC1. The van der Waals surface area contributed by atoms with Gasteiger partial charge in [0, 0.05) is 12.6 Å². The third-order valence-electron chi connectivity index (χ3n) is 3.29. The van der Waals surface area contributed by atoms with Crippen LogP contribution >= 0.6 is 0 Å². The van der Waals surface area contributed by atoms with Crippen molar-refractivity contribution in [3.63, 3.8) is 0 Å². The van der Waals surface area contributed by atoms with Gasteiger partial charge in [-0.05, 0) is 39.8 Å². The predicted molar refractivity (Wildman–Crippen MR) is 68.5 cm³/mol. The van der Waals surface area contributed by atoms with E-state index in [1.54, 1.807) is 0 Å². The summed E-state index contributed by atoms with van der Waals surface area (Å²) in [6.45, 7) is 6.21. The Hall–Kier alpha value is -1.30. The Balaban J connectivity index is 2.22. The van der Waals surface area contributed by atoms with Gasteiger partial charge in [-0.3, -0.25) is 9.69 Å². The third kappa shape index (κ3) is 4.91. The Morgan fingerprint density at radius 3 is 2.39 bits per heavy atom. The number of carboxylic acids is 1. The third-order valence-corrected chi connectivity index (χ3v) is 3.29. The van der Waals surface area contributed by atoms with Gasteiger partial charge in [0.05, 0.1) is 0 Å². The molecule has 0 spiro atoms. The molecule has 1 fully saturated rings. The van der Waals surface area contributed by atoms with Crippen molar-refractivity contribution in [1.29, 1.82) is 0 Å². The fourth-order valence-electron chi connectivity index (χ4n) is 2.04. The number of nitrogens with one attached hydrogen (secondary N) is 2. The Bertz CT molecular complexity index is 290. The van der Waals surface area contributed by atoms with Crippen LogP contribution in [0.2, 0.25) is 0 Å². The van der Waals surface area contributed by atoms with E-state index in [1.165, 1.54) is 26.2 Å². The first-order chi connectivity index (χ1) is 8.50. The van der Waals surface area contributed by atoms with Gasteiger partial charge in [0.15, 0.2) is 0 Å². The molecule has 0 aliphatic carbocycles. The fraction of sp³-hybridized carbons (Fsp3) is 0.833. The van der Waals surface area contributed by atoms with Crippen molar-refractivity contribution in [3.8, 4) is 0 Å². The van der Waals surface area contributed by atoms with Gasteiger partial charge in [0.1, 0.15) is 6.04 Å². The minimum Gasteiger partial charge on any atom is -0.480 e. The number of hydrogen-bond donors (Lipinski definition) is 3. The largest absolute Gasteiger partial charge is 0.480 e. The number of amides is 2. The van der Waals surface area contributed by atoms with Crippen molar-refractivity contribution in [2.45, 2.75) is 45.2 Å². The molecule has 2 amide bonds. The molecule has 2 atom stereocenters. The number of likely N-dealkylation sites (tertiary alicyclic amines) is 1. The first kappa shape index (κ1) is 14.8. The van der Waals surface area contributed by atoms with Gasteiger partial charge in [-0.2, -0.15) is 0 Å². The van der Waals surface area contributed by atoms with Crippen LogP contribution in [0.4, 0.5) is 4.79 Å². The number of rotatable bonds is 5. The van der Waals surface area contributed by atoms with E-state index in [2.05, 4.69) is 22.5 Å². The van der Waals surface area contributed by atoms with Crippen LogP contribution in [0.1, 0.15) is 33.1 Å². The number of hydrogen-bond acceptors (Lipinski definition) is 3. The minimum absolute atomic E-state index is 0.288. The lowest BCUT2D eigenvalue weighted by Gasteiger charge is -2.32. The maximum atomic E-state index is 11.4. The Kier molecular flexibility index (Phi) is 5.91. The summed E-state index contributed by atoms with van der Waals surface area (Å²) < 4.78 is 0. The molecule has 0 saturated carbocycles. The van der Waals surface area contributed by atoms with Gasteiger partial charge in [-0.25, -0.2) is 4.79 Å². The second-order valence-corrected chi connectivity index (χ2v) is 4.86. The molecule has 104 valence electrons. The Morgan fingerprint density at radius 2 is 1.83 bits per heavy atom. The summed E-state index contributed by atoms with van der Waals surface area (Å²) in [6, 6.07) is -1.000. The zero-order valence-electron chi connectivity index (χ0n) is 11.1. The zero-order chi connectivity index (χ0) is 13.5. The molecular weight excluding hydrogens is 234 g/mol. The highest BCUT2D eigenvalue weighted by Crippen LogP contribution is 2.11. The standard InChI is InChI=1S/C12H23N3O3/c1-9(15-6-4-3-5-7-15)8-13-12(18)14-10(2)11(16)17/h9-10H,3-8H2,1-2H3,(H,16,17)(H2,13,14,18)/t9?,10-/m1/s1. The highest BCUT2D eigenvalue weighted by Gasteiger charge is 2.18. The Morgan fingerprint density at radius 1 is 1.22 bits per heavy atom. The fourth-order valence-corrected chi connectivity index (χ4v) is 2.04. The Labute approximate surface area is 108 Å². The molecule has 6 nitrogen and oxygen atoms in total. The zero-order valence-corrected chi connectivity index (χ0v) is 11.1. The van der Waals surface area contributed by atoms with Crippen LogP contribution in [0.25, 0.3) is 0 Å². The molecule has 0 aromatic carbocycles. The lowest BCUT2D eigenvalue weighted by molar-refractivity contribution is -0.138. The van der Waals surface area contributed by atoms with E-state index in [9.17, 15) is 9.59 Å². The smallest absolute Gasteiger partial charge is 0.325 e. The summed E-state index contributed by atoms with van der Waals surface area (Å²) in [7, 11) is 0. The number of nitrogens with zero attached hydrogens (tertiary/aromatic N) is 1. The van der Waals surface area contributed by atoms with Crippen molar-refractivity contribution in [2.75, 3.05) is 19.6 Å². The average Bonchev–Trinajstić information content (AvgIpc) is 2.36. The topological polar surface area (TPSA) is 81.7 Å². The van der Waals surface area contributed by atoms with Gasteiger partial charge in [-0.15, -0.1) is 0 Å². The molecule has 1 rings (SSSR count). The van der Waals surface area contributed by atoms with Crippen LogP contribution < -0.4 is 10.6 Å². The van der Waals surface area contributed by atoms with Crippen LogP contribution in [0.5, 0.6) is 0 Å². The summed E-state index contributed by atoms with van der Waals surface area (Å²) in [4.78, 5) is 24.4. The number of urea groups is 1. The first-order valence-electron chi connectivity index (χ1n) is 6.52. The van der Waals surface area contributed by atoms with Crippen molar-refractivity contribution in [3.05, 3.63) is 0 Å². The average molecular weight is 257 g/mol. The van der Waals surface area contributed by atoms with Gasteiger partial charge in [0.2, 0.25) is 0 Å². The molecule has 1 aliphatic rings. The van der Waals surface area contributed by atoms with Crippen LogP contribution in [-0.2, 0) is 4.79 Å². The van der Waals surface area contributed by atoms with Gasteiger partial charge in [-0.1, -0.05) is 6.42 Å². The number of carboxylic acid groups (broad SMARTS) is 1. The molecule has 6 heteroatoms. The molecule has 0 aromatic heterocycles. The predicted octanol–water partition coefficient (Wildman–Crippen LogP) is 0.633. The van der Waals surface area contributed by atoms with Crippen LogP contribution in [0, 0.1) is 0 Å². The normalized spacial score (nSPS) is 19.9. The summed E-state index contributed by atoms with van der Waals surface area (Å²) in [5.41, 5.74) is 0. The van der Waals surface area contributed by atoms with E-state index in [-0.39, 0.29) is 6.04 Å². The van der Waals surface area contributed by atoms with Crippen molar-refractivity contribution in [1.82, 2.24) is 15.5 Å². The first-order valence-corrected chi connectivity index (χ1v) is 6.52. The molecule has 18 heavy (non-hydrogen) atoms. The summed E-state index contributed by atoms with van der Waals surface area (Å²) in [5.74, 6) is -1.03. The molecule has 0 radical (unpaired) electrons. The van der Waals surface area contributed by atoms with Gasteiger partial charge in [0.25, 0.3) is 0 Å². The highest BCUT2D eigenvalue weighted by molar-refractivity contribution is 5.82. The summed E-state index contributed by atoms with van der Waals surface area (Å²) in [5, 5.41) is 13.7. The van der Waals surface area contributed by atoms with Crippen LogP contribution in [0.3, 0.4) is 0 Å². The highest BCUT2D eigenvalue weighted by atomic mass is 16.4. The van der Waals surface area contributed by atoms with Crippen molar-refractivity contribution < 1.29 is 14.7 Å². The van der Waals surface area contributed by atoms with Crippen molar-refractivity contribution in [2.24, 2.45) is 0 Å². The molecule has 1 heterocycles. The van der Waals surface area contributed by atoms with Gasteiger partial charge >= 0.3 is 12.0 Å². The van der Waals surface area contributed by atoms with E-state index in [0.29, 0.717) is 6.54 Å². The van der Waals surface area contributed by atoms with E-state index in [0.717, 1.165) is 13.1 Å². The number of aliphatic carboxylic acids is 1.